The van der Waals surface area contributed by atoms with Crippen molar-refractivity contribution in [1.82, 2.24) is 5.32 Å². The van der Waals surface area contributed by atoms with E-state index < -0.39 is 15.9 Å². The van der Waals surface area contributed by atoms with Crippen molar-refractivity contribution in [3.05, 3.63) is 58.6 Å². The summed E-state index contributed by atoms with van der Waals surface area (Å²) in [5.41, 5.74) is 0.194. The van der Waals surface area contributed by atoms with Crippen LogP contribution >= 0.6 is 23.2 Å². The van der Waals surface area contributed by atoms with Crippen LogP contribution in [0.3, 0.4) is 0 Å². The van der Waals surface area contributed by atoms with Crippen molar-refractivity contribution in [3.8, 4) is 0 Å². The normalized spacial score (nSPS) is 11.4. The van der Waals surface area contributed by atoms with Gasteiger partial charge in [0.05, 0.1) is 15.6 Å². The molecule has 0 aliphatic rings. The minimum atomic E-state index is -3.98. The molecule has 0 atom stereocenters. The van der Waals surface area contributed by atoms with Crippen molar-refractivity contribution in [3.63, 3.8) is 0 Å². The van der Waals surface area contributed by atoms with Gasteiger partial charge in [0, 0.05) is 11.6 Å². The summed E-state index contributed by atoms with van der Waals surface area (Å²) in [4.78, 5) is 12.4. The first-order chi connectivity index (χ1) is 12.2. The lowest BCUT2D eigenvalue weighted by atomic mass is 10.2. The first-order valence-electron chi connectivity index (χ1n) is 8.01. The molecular formula is C18H20Cl2N2O3S. The molecule has 2 aromatic carbocycles. The molecule has 2 rings (SSSR count). The maximum atomic E-state index is 13.1. The Kier molecular flexibility index (Phi) is 6.92. The number of hydrogen-bond donors (Lipinski definition) is 1. The molecule has 0 fully saturated rings. The summed E-state index contributed by atoms with van der Waals surface area (Å²) in [5, 5.41) is 3.24. The number of nitrogens with zero attached hydrogens (tertiary/aromatic N) is 1. The predicted octanol–water partition coefficient (Wildman–Crippen LogP) is 3.96. The highest BCUT2D eigenvalue weighted by atomic mass is 35.5. The molecule has 0 unspecified atom stereocenters. The molecule has 0 aliphatic carbocycles. The smallest absolute Gasteiger partial charge is 0.264 e. The zero-order valence-corrected chi connectivity index (χ0v) is 16.8. The van der Waals surface area contributed by atoms with Gasteiger partial charge in [-0.1, -0.05) is 55.2 Å². The molecule has 0 bridgehead atoms. The third-order valence-electron chi connectivity index (χ3n) is 3.50. The molecule has 0 saturated heterocycles. The van der Waals surface area contributed by atoms with Gasteiger partial charge in [-0.3, -0.25) is 9.10 Å². The van der Waals surface area contributed by atoms with E-state index in [2.05, 4.69) is 5.32 Å². The Bertz CT molecular complexity index is 871. The summed E-state index contributed by atoms with van der Waals surface area (Å²) in [6.07, 6.45) is 0. The van der Waals surface area contributed by atoms with Crippen LogP contribution in [0.25, 0.3) is 0 Å². The number of hydrogen-bond acceptors (Lipinski definition) is 3. The minimum Gasteiger partial charge on any atom is -0.354 e. The van der Waals surface area contributed by atoms with E-state index in [0.29, 0.717) is 11.6 Å². The summed E-state index contributed by atoms with van der Waals surface area (Å²) in [7, 11) is -3.98. The van der Waals surface area contributed by atoms with E-state index >= 15 is 0 Å². The van der Waals surface area contributed by atoms with Gasteiger partial charge in [0.15, 0.2) is 0 Å². The highest BCUT2D eigenvalue weighted by molar-refractivity contribution is 7.92. The van der Waals surface area contributed by atoms with E-state index in [1.54, 1.807) is 18.2 Å². The molecule has 2 aromatic rings. The lowest BCUT2D eigenvalue weighted by molar-refractivity contribution is -0.119. The summed E-state index contributed by atoms with van der Waals surface area (Å²) in [6, 6.07) is 12.4. The number of nitrogens with one attached hydrogen (secondary N) is 1. The lowest BCUT2D eigenvalue weighted by Crippen LogP contribution is -2.41. The molecule has 0 aliphatic heterocycles. The van der Waals surface area contributed by atoms with Gasteiger partial charge < -0.3 is 5.32 Å². The average Bonchev–Trinajstić information content (AvgIpc) is 2.59. The SMILES string of the molecule is CC(C)CNC(=O)CN(c1ccc(Cl)cc1Cl)S(=O)(=O)c1ccccc1. The molecule has 0 radical (unpaired) electrons. The van der Waals surface area contributed by atoms with Crippen molar-refractivity contribution in [2.24, 2.45) is 5.92 Å². The van der Waals surface area contributed by atoms with Crippen molar-refractivity contribution < 1.29 is 13.2 Å². The van der Waals surface area contributed by atoms with Crippen molar-refractivity contribution in [2.75, 3.05) is 17.4 Å². The predicted molar refractivity (Wildman–Crippen MR) is 105 cm³/mol. The van der Waals surface area contributed by atoms with Crippen LogP contribution in [0.15, 0.2) is 53.4 Å². The second kappa shape index (κ2) is 8.75. The summed E-state index contributed by atoms with van der Waals surface area (Å²) in [6.45, 7) is 3.97. The highest BCUT2D eigenvalue weighted by Crippen LogP contribution is 2.32. The number of rotatable bonds is 7. The van der Waals surface area contributed by atoms with Gasteiger partial charge in [0.25, 0.3) is 10.0 Å². The first kappa shape index (κ1) is 20.6. The lowest BCUT2D eigenvalue weighted by Gasteiger charge is -2.25. The number of anilines is 1. The van der Waals surface area contributed by atoms with Crippen LogP contribution in [0.4, 0.5) is 5.69 Å². The van der Waals surface area contributed by atoms with Crippen LogP contribution < -0.4 is 9.62 Å². The third kappa shape index (κ3) is 5.13. The zero-order chi connectivity index (χ0) is 19.3. The van der Waals surface area contributed by atoms with Gasteiger partial charge in [-0.2, -0.15) is 0 Å². The van der Waals surface area contributed by atoms with E-state index in [0.717, 1.165) is 4.31 Å². The van der Waals surface area contributed by atoms with Gasteiger partial charge in [-0.15, -0.1) is 0 Å². The molecule has 1 N–H and O–H groups in total. The van der Waals surface area contributed by atoms with E-state index in [1.165, 1.54) is 30.3 Å². The number of sulfonamides is 1. The Labute approximate surface area is 164 Å². The van der Waals surface area contributed by atoms with Gasteiger partial charge >= 0.3 is 0 Å². The Morgan fingerprint density at radius 3 is 2.35 bits per heavy atom. The van der Waals surface area contributed by atoms with Gasteiger partial charge in [0.1, 0.15) is 6.54 Å². The van der Waals surface area contributed by atoms with E-state index in [9.17, 15) is 13.2 Å². The standard InChI is InChI=1S/C18H20Cl2N2O3S/c1-13(2)11-21-18(23)12-22(17-9-8-14(19)10-16(17)20)26(24,25)15-6-4-3-5-7-15/h3-10,13H,11-12H2,1-2H3,(H,21,23). The van der Waals surface area contributed by atoms with Crippen molar-refractivity contribution in [2.45, 2.75) is 18.7 Å². The Morgan fingerprint density at radius 1 is 1.12 bits per heavy atom. The highest BCUT2D eigenvalue weighted by Gasteiger charge is 2.28. The van der Waals surface area contributed by atoms with Crippen LogP contribution in [-0.4, -0.2) is 27.4 Å². The van der Waals surface area contributed by atoms with Gasteiger partial charge in [-0.25, -0.2) is 8.42 Å². The number of halogens is 2. The largest absolute Gasteiger partial charge is 0.354 e. The number of carbonyl (C=O) groups excluding carboxylic acids is 1. The van der Waals surface area contributed by atoms with Gasteiger partial charge in [-0.05, 0) is 36.2 Å². The summed E-state index contributed by atoms with van der Waals surface area (Å²) < 4.78 is 27.2. The van der Waals surface area contributed by atoms with Crippen molar-refractivity contribution >= 4 is 44.8 Å². The van der Waals surface area contributed by atoms with Gasteiger partial charge in [0.2, 0.25) is 5.91 Å². The molecule has 8 heteroatoms. The van der Waals surface area contributed by atoms with Crippen molar-refractivity contribution in [1.29, 1.82) is 0 Å². The molecule has 26 heavy (non-hydrogen) atoms. The van der Waals surface area contributed by atoms with E-state index in [4.69, 9.17) is 23.2 Å². The summed E-state index contributed by atoms with van der Waals surface area (Å²) >= 11 is 12.1. The zero-order valence-electron chi connectivity index (χ0n) is 14.4. The van der Waals surface area contributed by atoms with Crippen LogP contribution in [0, 0.1) is 5.92 Å². The second-order valence-electron chi connectivity index (χ2n) is 6.12. The van der Waals surface area contributed by atoms with E-state index in [1.807, 2.05) is 13.8 Å². The first-order valence-corrected chi connectivity index (χ1v) is 10.2. The molecule has 0 heterocycles. The molecule has 5 nitrogen and oxygen atoms in total. The van der Waals surface area contributed by atoms with Crippen LogP contribution in [-0.2, 0) is 14.8 Å². The molecule has 0 spiro atoms. The minimum absolute atomic E-state index is 0.0719. The Balaban J connectivity index is 2.43. The third-order valence-corrected chi connectivity index (χ3v) is 5.82. The van der Waals surface area contributed by atoms with E-state index in [-0.39, 0.29) is 28.1 Å². The van der Waals surface area contributed by atoms with Crippen LogP contribution in [0.2, 0.25) is 10.0 Å². The molecule has 0 saturated carbocycles. The molecular weight excluding hydrogens is 395 g/mol. The topological polar surface area (TPSA) is 66.5 Å². The fourth-order valence-corrected chi connectivity index (χ4v) is 4.23. The number of amides is 1. The summed E-state index contributed by atoms with van der Waals surface area (Å²) in [5.74, 6) is -0.165. The maximum absolute atomic E-state index is 13.1. The molecule has 140 valence electrons. The Hall–Kier alpha value is -1.76. The fourth-order valence-electron chi connectivity index (χ4n) is 2.21. The molecule has 1 amide bonds. The average molecular weight is 415 g/mol. The van der Waals surface area contributed by atoms with Crippen LogP contribution in [0.1, 0.15) is 13.8 Å². The quantitative estimate of drug-likeness (QED) is 0.745. The Morgan fingerprint density at radius 2 is 1.77 bits per heavy atom. The fraction of sp³-hybridized carbons (Fsp3) is 0.278. The van der Waals surface area contributed by atoms with Crippen LogP contribution in [0.5, 0.6) is 0 Å². The monoisotopic (exact) mass is 414 g/mol. The number of benzene rings is 2. The molecule has 0 aromatic heterocycles. The maximum Gasteiger partial charge on any atom is 0.264 e. The number of carbonyl (C=O) groups is 1. The second-order valence-corrected chi connectivity index (χ2v) is 8.82.